The molecule has 98 valence electrons. The number of amides is 1. The first-order valence-corrected chi connectivity index (χ1v) is 6.10. The molecule has 0 saturated heterocycles. The molecule has 1 aliphatic carbocycles. The third-order valence-corrected chi connectivity index (χ3v) is 3.65. The van der Waals surface area contributed by atoms with Crippen LogP contribution in [0.4, 0.5) is 5.82 Å². The lowest BCUT2D eigenvalue weighted by Crippen LogP contribution is -2.23. The number of hydrogen-bond acceptors (Lipinski definition) is 4. The molecule has 0 radical (unpaired) electrons. The maximum absolute atomic E-state index is 11.4. The lowest BCUT2D eigenvalue weighted by Gasteiger charge is -2.16. The Morgan fingerprint density at radius 2 is 2.22 bits per heavy atom. The highest BCUT2D eigenvalue weighted by molar-refractivity contribution is 5.97. The largest absolute Gasteiger partial charge is 0.396 e. The minimum absolute atomic E-state index is 0.0324. The first kappa shape index (κ1) is 12.8. The topological polar surface area (TPSA) is 88.2 Å². The van der Waals surface area contributed by atoms with Gasteiger partial charge >= 0.3 is 0 Å². The molecule has 4 N–H and O–H groups in total. The van der Waals surface area contributed by atoms with Crippen LogP contribution >= 0.6 is 0 Å². The quantitative estimate of drug-likeness (QED) is 0.726. The molecule has 0 spiro atoms. The number of pyridine rings is 1. The number of anilines is 1. The molecule has 1 heterocycles. The zero-order chi connectivity index (χ0) is 13.3. The van der Waals surface area contributed by atoms with Gasteiger partial charge in [-0.1, -0.05) is 0 Å². The summed E-state index contributed by atoms with van der Waals surface area (Å²) >= 11 is 0. The van der Waals surface area contributed by atoms with E-state index in [0.717, 1.165) is 24.1 Å². The number of aromatic nitrogens is 1. The lowest BCUT2D eigenvalue weighted by molar-refractivity contribution is 0.100. The molecule has 1 aromatic rings. The highest BCUT2D eigenvalue weighted by Crippen LogP contribution is 2.44. The molecule has 0 unspecified atom stereocenters. The number of rotatable bonds is 5. The molecule has 1 aromatic heterocycles. The van der Waals surface area contributed by atoms with E-state index >= 15 is 0 Å². The molecule has 1 saturated carbocycles. The fourth-order valence-electron chi connectivity index (χ4n) is 1.87. The monoisotopic (exact) mass is 249 g/mol. The van der Waals surface area contributed by atoms with Gasteiger partial charge in [-0.3, -0.25) is 4.79 Å². The van der Waals surface area contributed by atoms with Crippen molar-refractivity contribution in [2.45, 2.75) is 26.7 Å². The summed E-state index contributed by atoms with van der Waals surface area (Å²) in [5, 5.41) is 12.4. The molecule has 0 bridgehead atoms. The summed E-state index contributed by atoms with van der Waals surface area (Å²) in [5.74, 6) is 0.0345. The third kappa shape index (κ3) is 2.46. The van der Waals surface area contributed by atoms with Crippen molar-refractivity contribution in [3.8, 4) is 0 Å². The van der Waals surface area contributed by atoms with Crippen molar-refractivity contribution in [1.29, 1.82) is 0 Å². The van der Waals surface area contributed by atoms with Gasteiger partial charge in [-0.2, -0.15) is 0 Å². The van der Waals surface area contributed by atoms with Crippen LogP contribution in [0.25, 0.3) is 0 Å². The number of carbonyl (C=O) groups is 1. The Labute approximate surface area is 106 Å². The molecule has 0 aliphatic heterocycles. The van der Waals surface area contributed by atoms with Crippen LogP contribution in [0.5, 0.6) is 0 Å². The van der Waals surface area contributed by atoms with Gasteiger partial charge in [0.05, 0.1) is 12.2 Å². The molecule has 0 aromatic carbocycles. The SMILES string of the molecule is Cc1cc(C(N)=O)c(NCC2(CO)CC2)nc1C. The Bertz CT molecular complexity index is 481. The lowest BCUT2D eigenvalue weighted by atomic mass is 10.1. The van der Waals surface area contributed by atoms with Crippen molar-refractivity contribution in [3.05, 3.63) is 22.9 Å². The van der Waals surface area contributed by atoms with E-state index in [0.29, 0.717) is 17.9 Å². The number of carbonyl (C=O) groups excluding carboxylic acids is 1. The molecule has 5 heteroatoms. The number of aryl methyl sites for hydroxylation is 2. The van der Waals surface area contributed by atoms with Gasteiger partial charge in [0.2, 0.25) is 0 Å². The predicted octanol–water partition coefficient (Wildman–Crippen LogP) is 0.982. The molecule has 1 amide bonds. The van der Waals surface area contributed by atoms with Crippen LogP contribution < -0.4 is 11.1 Å². The van der Waals surface area contributed by atoms with E-state index in [1.165, 1.54) is 0 Å². The van der Waals surface area contributed by atoms with Gasteiger partial charge < -0.3 is 16.2 Å². The van der Waals surface area contributed by atoms with E-state index in [1.54, 1.807) is 6.07 Å². The van der Waals surface area contributed by atoms with Gasteiger partial charge in [0, 0.05) is 17.7 Å². The first-order valence-electron chi connectivity index (χ1n) is 6.10. The Kier molecular flexibility index (Phi) is 3.26. The van der Waals surface area contributed by atoms with E-state index in [2.05, 4.69) is 10.3 Å². The maximum Gasteiger partial charge on any atom is 0.252 e. The van der Waals surface area contributed by atoms with E-state index in [-0.39, 0.29) is 12.0 Å². The Morgan fingerprint density at radius 3 is 2.72 bits per heavy atom. The fraction of sp³-hybridized carbons (Fsp3) is 0.538. The molecule has 18 heavy (non-hydrogen) atoms. The number of hydrogen-bond donors (Lipinski definition) is 3. The molecule has 0 atom stereocenters. The zero-order valence-corrected chi connectivity index (χ0v) is 10.8. The molecule has 5 nitrogen and oxygen atoms in total. The van der Waals surface area contributed by atoms with Crippen LogP contribution in [0.2, 0.25) is 0 Å². The number of aliphatic hydroxyl groups is 1. The molecule has 2 rings (SSSR count). The molecule has 1 fully saturated rings. The number of primary amides is 1. The van der Waals surface area contributed by atoms with E-state index < -0.39 is 5.91 Å². The summed E-state index contributed by atoms with van der Waals surface area (Å²) in [6.07, 6.45) is 2.01. The highest BCUT2D eigenvalue weighted by atomic mass is 16.3. The van der Waals surface area contributed by atoms with Crippen LogP contribution in [-0.4, -0.2) is 29.1 Å². The van der Waals surface area contributed by atoms with E-state index in [4.69, 9.17) is 5.73 Å². The van der Waals surface area contributed by atoms with Crippen LogP contribution in [-0.2, 0) is 0 Å². The smallest absolute Gasteiger partial charge is 0.252 e. The third-order valence-electron chi connectivity index (χ3n) is 3.65. The highest BCUT2D eigenvalue weighted by Gasteiger charge is 2.41. The maximum atomic E-state index is 11.4. The summed E-state index contributed by atoms with van der Waals surface area (Å²) in [5.41, 5.74) is 7.54. The van der Waals surface area contributed by atoms with Crippen molar-refractivity contribution in [3.63, 3.8) is 0 Å². The summed E-state index contributed by atoms with van der Waals surface area (Å²) in [6, 6.07) is 1.76. The van der Waals surface area contributed by atoms with Gasteiger partial charge in [-0.05, 0) is 38.3 Å². The zero-order valence-electron chi connectivity index (χ0n) is 10.8. The molecular formula is C13H19N3O2. The second kappa shape index (κ2) is 4.57. The number of nitrogens with zero attached hydrogens (tertiary/aromatic N) is 1. The van der Waals surface area contributed by atoms with Crippen LogP contribution in [0.3, 0.4) is 0 Å². The van der Waals surface area contributed by atoms with Crippen molar-refractivity contribution < 1.29 is 9.90 Å². The molecular weight excluding hydrogens is 230 g/mol. The fourth-order valence-corrected chi connectivity index (χ4v) is 1.87. The summed E-state index contributed by atoms with van der Waals surface area (Å²) in [6.45, 7) is 4.58. The average molecular weight is 249 g/mol. The van der Waals surface area contributed by atoms with Gasteiger partial charge in [0.1, 0.15) is 5.82 Å². The second-order valence-electron chi connectivity index (χ2n) is 5.16. The Morgan fingerprint density at radius 1 is 1.56 bits per heavy atom. The standard InChI is InChI=1S/C13H19N3O2/c1-8-5-10(11(14)18)12(16-9(8)2)15-6-13(7-17)3-4-13/h5,17H,3-4,6-7H2,1-2H3,(H2,14,18)(H,15,16). The van der Waals surface area contributed by atoms with E-state index in [9.17, 15) is 9.90 Å². The Hall–Kier alpha value is -1.62. The van der Waals surface area contributed by atoms with Crippen molar-refractivity contribution in [2.75, 3.05) is 18.5 Å². The first-order chi connectivity index (χ1) is 8.47. The minimum Gasteiger partial charge on any atom is -0.396 e. The van der Waals surface area contributed by atoms with Crippen molar-refractivity contribution in [1.82, 2.24) is 4.98 Å². The second-order valence-corrected chi connectivity index (χ2v) is 5.16. The predicted molar refractivity (Wildman–Crippen MR) is 69.5 cm³/mol. The number of nitrogens with two attached hydrogens (primary N) is 1. The Balaban J connectivity index is 2.20. The number of nitrogens with one attached hydrogen (secondary N) is 1. The van der Waals surface area contributed by atoms with Crippen LogP contribution in [0, 0.1) is 19.3 Å². The minimum atomic E-state index is -0.484. The summed E-state index contributed by atoms with van der Waals surface area (Å²) in [7, 11) is 0. The summed E-state index contributed by atoms with van der Waals surface area (Å²) < 4.78 is 0. The molecule has 1 aliphatic rings. The van der Waals surface area contributed by atoms with Gasteiger partial charge in [-0.15, -0.1) is 0 Å². The average Bonchev–Trinajstić information content (AvgIpc) is 3.10. The van der Waals surface area contributed by atoms with Gasteiger partial charge in [-0.25, -0.2) is 4.98 Å². The number of aliphatic hydroxyl groups excluding tert-OH is 1. The van der Waals surface area contributed by atoms with Crippen LogP contribution in [0.1, 0.15) is 34.5 Å². The van der Waals surface area contributed by atoms with Gasteiger partial charge in [0.25, 0.3) is 5.91 Å². The van der Waals surface area contributed by atoms with E-state index in [1.807, 2.05) is 13.8 Å². The normalized spacial score (nSPS) is 16.4. The van der Waals surface area contributed by atoms with Gasteiger partial charge in [0.15, 0.2) is 0 Å². The van der Waals surface area contributed by atoms with Crippen LogP contribution in [0.15, 0.2) is 6.07 Å². The van der Waals surface area contributed by atoms with Crippen molar-refractivity contribution >= 4 is 11.7 Å². The van der Waals surface area contributed by atoms with Crippen molar-refractivity contribution in [2.24, 2.45) is 11.1 Å². The summed E-state index contributed by atoms with van der Waals surface area (Å²) in [4.78, 5) is 15.8.